The standard InChI is InChI=1S/C22H20F2N2O4/c1-20(2,3)17-11-14-13(25-17)5-7-18(26-14)28-19(27)21(8-9-21)12-4-6-15-16(10-12)30-22(23,24)29-15/h4-7,10-11,25H,8-9H2,1-3H3. The summed E-state index contributed by atoms with van der Waals surface area (Å²) in [6.45, 7) is 6.28. The van der Waals surface area contributed by atoms with Gasteiger partial charge >= 0.3 is 12.3 Å². The number of hydrogen-bond donors (Lipinski definition) is 1. The fourth-order valence-corrected chi connectivity index (χ4v) is 3.63. The van der Waals surface area contributed by atoms with Crippen molar-refractivity contribution in [3.63, 3.8) is 0 Å². The van der Waals surface area contributed by atoms with E-state index in [9.17, 15) is 13.6 Å². The number of aromatic nitrogens is 2. The molecule has 5 rings (SSSR count). The number of carbonyl (C=O) groups excluding carboxylic acids is 1. The molecule has 1 aliphatic carbocycles. The summed E-state index contributed by atoms with van der Waals surface area (Å²) in [6.07, 6.45) is -2.58. The van der Waals surface area contributed by atoms with Gasteiger partial charge < -0.3 is 19.2 Å². The number of esters is 1. The van der Waals surface area contributed by atoms with Crippen LogP contribution in [0.5, 0.6) is 17.4 Å². The molecule has 1 aromatic carbocycles. The number of halogens is 2. The molecule has 3 heterocycles. The predicted molar refractivity (Wildman–Crippen MR) is 104 cm³/mol. The molecule has 0 atom stereocenters. The van der Waals surface area contributed by atoms with Gasteiger partial charge in [-0.1, -0.05) is 26.8 Å². The molecule has 1 aliphatic heterocycles. The SMILES string of the molecule is CC(C)(C)c1cc2nc(OC(=O)C3(c4ccc5c(c4)OC(F)(F)O5)CC3)ccc2[nH]1. The van der Waals surface area contributed by atoms with Crippen LogP contribution in [0, 0.1) is 0 Å². The van der Waals surface area contributed by atoms with Crippen molar-refractivity contribution in [2.75, 3.05) is 0 Å². The Hall–Kier alpha value is -3.16. The molecule has 1 N–H and O–H groups in total. The predicted octanol–water partition coefficient (Wildman–Crippen LogP) is 4.82. The number of alkyl halides is 2. The summed E-state index contributed by atoms with van der Waals surface area (Å²) in [5.74, 6) is -0.405. The molecule has 0 unspecified atom stereocenters. The third-order valence-electron chi connectivity index (χ3n) is 5.55. The number of hydrogen-bond acceptors (Lipinski definition) is 5. The van der Waals surface area contributed by atoms with E-state index in [1.807, 2.05) is 12.1 Å². The quantitative estimate of drug-likeness (QED) is 0.622. The lowest BCUT2D eigenvalue weighted by Gasteiger charge is -2.15. The van der Waals surface area contributed by atoms with Gasteiger partial charge in [-0.05, 0) is 42.7 Å². The number of aromatic amines is 1. The van der Waals surface area contributed by atoms with Crippen molar-refractivity contribution in [3.8, 4) is 17.4 Å². The van der Waals surface area contributed by atoms with Gasteiger partial charge in [0.25, 0.3) is 0 Å². The zero-order valence-electron chi connectivity index (χ0n) is 16.7. The summed E-state index contributed by atoms with van der Waals surface area (Å²) >= 11 is 0. The zero-order chi connectivity index (χ0) is 21.3. The van der Waals surface area contributed by atoms with E-state index >= 15 is 0 Å². The Labute approximate surface area is 171 Å². The van der Waals surface area contributed by atoms with Crippen molar-refractivity contribution in [2.45, 2.75) is 50.7 Å². The minimum absolute atomic E-state index is 0.0536. The number of H-pyrrole nitrogens is 1. The second-order valence-corrected chi connectivity index (χ2v) is 8.82. The van der Waals surface area contributed by atoms with Crippen LogP contribution >= 0.6 is 0 Å². The van der Waals surface area contributed by atoms with Gasteiger partial charge in [-0.2, -0.15) is 0 Å². The lowest BCUT2D eigenvalue weighted by atomic mass is 9.93. The summed E-state index contributed by atoms with van der Waals surface area (Å²) in [5.41, 5.74) is 2.21. The maximum absolute atomic E-state index is 13.3. The average Bonchev–Trinajstić information content (AvgIpc) is 3.24. The molecular weight excluding hydrogens is 394 g/mol. The maximum atomic E-state index is 13.3. The molecule has 0 bridgehead atoms. The van der Waals surface area contributed by atoms with Gasteiger partial charge in [0.2, 0.25) is 5.88 Å². The van der Waals surface area contributed by atoms with Crippen molar-refractivity contribution < 1.29 is 27.8 Å². The molecule has 0 amide bonds. The van der Waals surface area contributed by atoms with Gasteiger partial charge in [0.15, 0.2) is 11.5 Å². The topological polar surface area (TPSA) is 73.4 Å². The molecule has 2 aromatic heterocycles. The molecule has 8 heteroatoms. The molecule has 156 valence electrons. The summed E-state index contributed by atoms with van der Waals surface area (Å²) in [5, 5.41) is 0. The van der Waals surface area contributed by atoms with E-state index in [2.05, 4.69) is 40.2 Å². The van der Waals surface area contributed by atoms with Gasteiger partial charge in [-0.15, -0.1) is 8.78 Å². The molecule has 1 saturated carbocycles. The highest BCUT2D eigenvalue weighted by Crippen LogP contribution is 2.52. The summed E-state index contributed by atoms with van der Waals surface area (Å²) < 4.78 is 41.1. The van der Waals surface area contributed by atoms with E-state index in [4.69, 9.17) is 4.74 Å². The van der Waals surface area contributed by atoms with Crippen LogP contribution in [0.1, 0.15) is 44.9 Å². The lowest BCUT2D eigenvalue weighted by Crippen LogP contribution is -2.26. The highest BCUT2D eigenvalue weighted by atomic mass is 19.3. The smallest absolute Gasteiger partial charge is 0.407 e. The molecule has 2 aliphatic rings. The van der Waals surface area contributed by atoms with Gasteiger partial charge in [0.05, 0.1) is 16.4 Å². The van der Waals surface area contributed by atoms with Gasteiger partial charge in [-0.25, -0.2) is 4.98 Å². The highest BCUT2D eigenvalue weighted by molar-refractivity contribution is 5.89. The average molecular weight is 414 g/mol. The number of nitrogens with zero attached hydrogens (tertiary/aromatic N) is 1. The molecule has 3 aromatic rings. The second-order valence-electron chi connectivity index (χ2n) is 8.82. The van der Waals surface area contributed by atoms with Crippen LogP contribution in [0.3, 0.4) is 0 Å². The summed E-state index contributed by atoms with van der Waals surface area (Å²) in [4.78, 5) is 20.7. The summed E-state index contributed by atoms with van der Waals surface area (Å²) in [6, 6.07) is 9.80. The zero-order valence-corrected chi connectivity index (χ0v) is 16.7. The van der Waals surface area contributed by atoms with E-state index in [-0.39, 0.29) is 22.8 Å². The Bertz CT molecular complexity index is 1180. The number of ether oxygens (including phenoxy) is 3. The van der Waals surface area contributed by atoms with Crippen LogP contribution in [0.25, 0.3) is 11.0 Å². The van der Waals surface area contributed by atoms with Crippen LogP contribution in [0.15, 0.2) is 36.4 Å². The minimum Gasteiger partial charge on any atom is -0.407 e. The Morgan fingerprint density at radius 3 is 2.53 bits per heavy atom. The number of nitrogens with one attached hydrogen (secondary N) is 1. The van der Waals surface area contributed by atoms with Crippen molar-refractivity contribution in [1.82, 2.24) is 9.97 Å². The third kappa shape index (κ3) is 3.07. The van der Waals surface area contributed by atoms with E-state index < -0.39 is 17.7 Å². The monoisotopic (exact) mass is 414 g/mol. The first kappa shape index (κ1) is 18.8. The maximum Gasteiger partial charge on any atom is 0.586 e. The lowest BCUT2D eigenvalue weighted by molar-refractivity contribution is -0.286. The van der Waals surface area contributed by atoms with Crippen molar-refractivity contribution >= 4 is 17.0 Å². The molecule has 30 heavy (non-hydrogen) atoms. The summed E-state index contributed by atoms with van der Waals surface area (Å²) in [7, 11) is 0. The Morgan fingerprint density at radius 2 is 1.83 bits per heavy atom. The number of benzene rings is 1. The van der Waals surface area contributed by atoms with Crippen LogP contribution in [-0.4, -0.2) is 22.2 Å². The van der Waals surface area contributed by atoms with Crippen molar-refractivity contribution in [2.24, 2.45) is 0 Å². The third-order valence-corrected chi connectivity index (χ3v) is 5.55. The molecule has 0 radical (unpaired) electrons. The van der Waals surface area contributed by atoms with Gasteiger partial charge in [0, 0.05) is 17.2 Å². The van der Waals surface area contributed by atoms with E-state index in [1.54, 1.807) is 12.1 Å². The van der Waals surface area contributed by atoms with Crippen LogP contribution in [-0.2, 0) is 15.6 Å². The van der Waals surface area contributed by atoms with E-state index in [0.717, 1.165) is 11.2 Å². The van der Waals surface area contributed by atoms with Gasteiger partial charge in [0.1, 0.15) is 0 Å². The van der Waals surface area contributed by atoms with E-state index in [0.29, 0.717) is 23.9 Å². The number of pyridine rings is 1. The Kier molecular flexibility index (Phi) is 3.73. The molecule has 0 saturated heterocycles. The van der Waals surface area contributed by atoms with Crippen LogP contribution in [0.4, 0.5) is 8.78 Å². The van der Waals surface area contributed by atoms with Crippen molar-refractivity contribution in [3.05, 3.63) is 47.7 Å². The first-order chi connectivity index (χ1) is 14.1. The fraction of sp³-hybridized carbons (Fsp3) is 0.364. The van der Waals surface area contributed by atoms with E-state index in [1.165, 1.54) is 12.1 Å². The molecule has 0 spiro atoms. The van der Waals surface area contributed by atoms with Crippen molar-refractivity contribution in [1.29, 1.82) is 0 Å². The number of carbonyl (C=O) groups is 1. The normalized spacial score (nSPS) is 18.4. The molecule has 1 fully saturated rings. The van der Waals surface area contributed by atoms with Crippen LogP contribution < -0.4 is 14.2 Å². The first-order valence-corrected chi connectivity index (χ1v) is 9.69. The second kappa shape index (κ2) is 5.93. The largest absolute Gasteiger partial charge is 0.586 e. The highest BCUT2D eigenvalue weighted by Gasteiger charge is 2.54. The Balaban J connectivity index is 1.39. The van der Waals surface area contributed by atoms with Gasteiger partial charge in [-0.3, -0.25) is 4.79 Å². The minimum atomic E-state index is -3.69. The fourth-order valence-electron chi connectivity index (χ4n) is 3.63. The number of fused-ring (bicyclic) bond motifs is 2. The first-order valence-electron chi connectivity index (χ1n) is 9.69. The van der Waals surface area contributed by atoms with Crippen LogP contribution in [0.2, 0.25) is 0 Å². The Morgan fingerprint density at radius 1 is 1.10 bits per heavy atom. The molecule has 6 nitrogen and oxygen atoms in total. The number of rotatable bonds is 3. The molecular formula is C22H20F2N2O4.